The van der Waals surface area contributed by atoms with Crippen molar-refractivity contribution in [2.45, 2.75) is 31.3 Å². The van der Waals surface area contributed by atoms with Crippen LogP contribution in [0.25, 0.3) is 0 Å². The Labute approximate surface area is 124 Å². The van der Waals surface area contributed by atoms with Gasteiger partial charge >= 0.3 is 0 Å². The molecule has 5 nitrogen and oxygen atoms in total. The van der Waals surface area contributed by atoms with Gasteiger partial charge in [-0.2, -0.15) is 0 Å². The molecule has 1 heterocycles. The third kappa shape index (κ3) is 5.35. The molecule has 0 unspecified atom stereocenters. The number of ether oxygens (including phenoxy) is 2. The first-order valence-electron chi connectivity index (χ1n) is 6.88. The minimum Gasteiger partial charge on any atom is -0.350 e. The third-order valence-corrected chi connectivity index (χ3v) is 4.63. The van der Waals surface area contributed by atoms with E-state index in [1.807, 2.05) is 0 Å². The Morgan fingerprint density at radius 2 is 1.86 bits per heavy atom. The molecule has 0 aliphatic carbocycles. The smallest absolute Gasteiger partial charge is 0.215 e. The normalized spacial score (nSPS) is 18.6. The lowest BCUT2D eigenvalue weighted by molar-refractivity contribution is -0.257. The van der Waals surface area contributed by atoms with Crippen LogP contribution in [0.2, 0.25) is 0 Å². The van der Waals surface area contributed by atoms with Crippen molar-refractivity contribution >= 4 is 10.0 Å². The second kappa shape index (κ2) is 6.83. The summed E-state index contributed by atoms with van der Waals surface area (Å²) in [6.07, 6.45) is 1.29. The maximum absolute atomic E-state index is 12.8. The van der Waals surface area contributed by atoms with Crippen molar-refractivity contribution in [1.29, 1.82) is 0 Å². The van der Waals surface area contributed by atoms with Crippen molar-refractivity contribution in [3.63, 3.8) is 0 Å². The van der Waals surface area contributed by atoms with E-state index >= 15 is 0 Å². The van der Waals surface area contributed by atoms with Crippen molar-refractivity contribution in [2.24, 2.45) is 0 Å². The first kappa shape index (κ1) is 16.4. The molecule has 1 aliphatic rings. The Kier molecular flexibility index (Phi) is 5.32. The standard InChI is InChI=1S/C14H20FNO4S/c1-14(19-9-2-10-20-14)7-8-16-21(17,18)11-12-3-5-13(15)6-4-12/h3-6,16H,2,7-11H2,1H3. The lowest BCUT2D eigenvalue weighted by Gasteiger charge is -2.33. The molecule has 21 heavy (non-hydrogen) atoms. The van der Waals surface area contributed by atoms with E-state index in [0.717, 1.165) is 6.42 Å². The lowest BCUT2D eigenvalue weighted by Crippen LogP contribution is -2.41. The number of hydrogen-bond acceptors (Lipinski definition) is 4. The molecule has 0 saturated carbocycles. The van der Waals surface area contributed by atoms with Gasteiger partial charge in [0.25, 0.3) is 0 Å². The molecule has 0 atom stereocenters. The third-order valence-electron chi connectivity index (χ3n) is 3.27. The maximum atomic E-state index is 12.8. The SMILES string of the molecule is CC1(CCNS(=O)(=O)Cc2ccc(F)cc2)OCCCO1. The van der Waals surface area contributed by atoms with E-state index in [4.69, 9.17) is 9.47 Å². The molecule has 1 fully saturated rings. The Morgan fingerprint density at radius 1 is 1.24 bits per heavy atom. The van der Waals surface area contributed by atoms with Crippen molar-refractivity contribution in [3.8, 4) is 0 Å². The van der Waals surface area contributed by atoms with E-state index in [-0.39, 0.29) is 18.1 Å². The van der Waals surface area contributed by atoms with Gasteiger partial charge in [0.15, 0.2) is 5.79 Å². The fourth-order valence-corrected chi connectivity index (χ4v) is 3.25. The van der Waals surface area contributed by atoms with Crippen LogP contribution < -0.4 is 4.72 Å². The number of rotatable bonds is 6. The van der Waals surface area contributed by atoms with Gasteiger partial charge in [0, 0.05) is 13.0 Å². The monoisotopic (exact) mass is 317 g/mol. The number of benzene rings is 1. The number of sulfonamides is 1. The van der Waals surface area contributed by atoms with Gasteiger partial charge in [-0.25, -0.2) is 17.5 Å². The second-order valence-corrected chi connectivity index (χ2v) is 7.02. The predicted octanol–water partition coefficient (Wildman–Crippen LogP) is 1.79. The Balaban J connectivity index is 1.82. The van der Waals surface area contributed by atoms with Gasteiger partial charge in [-0.1, -0.05) is 12.1 Å². The van der Waals surface area contributed by atoms with E-state index in [0.29, 0.717) is 25.2 Å². The average Bonchev–Trinajstić information content (AvgIpc) is 2.41. The van der Waals surface area contributed by atoms with Crippen LogP contribution in [-0.4, -0.2) is 34.0 Å². The Morgan fingerprint density at radius 3 is 2.48 bits per heavy atom. The predicted molar refractivity (Wildman–Crippen MR) is 76.6 cm³/mol. The number of halogens is 1. The van der Waals surface area contributed by atoms with Crippen molar-refractivity contribution < 1.29 is 22.3 Å². The molecular formula is C14H20FNO4S. The Bertz CT molecular complexity index is 553. The van der Waals surface area contributed by atoms with Gasteiger partial charge in [-0.15, -0.1) is 0 Å². The highest BCUT2D eigenvalue weighted by Gasteiger charge is 2.28. The van der Waals surface area contributed by atoms with E-state index in [1.165, 1.54) is 24.3 Å². The Hall–Kier alpha value is -1.02. The van der Waals surface area contributed by atoms with Crippen LogP contribution >= 0.6 is 0 Å². The van der Waals surface area contributed by atoms with Crippen molar-refractivity contribution in [2.75, 3.05) is 19.8 Å². The molecule has 1 N–H and O–H groups in total. The zero-order chi connectivity index (χ0) is 15.3. The highest BCUT2D eigenvalue weighted by Crippen LogP contribution is 2.21. The summed E-state index contributed by atoms with van der Waals surface area (Å²) < 4.78 is 50.2. The van der Waals surface area contributed by atoms with Crippen LogP contribution in [0.3, 0.4) is 0 Å². The van der Waals surface area contributed by atoms with E-state index in [1.54, 1.807) is 6.92 Å². The molecule has 1 aromatic carbocycles. The van der Waals surface area contributed by atoms with Crippen molar-refractivity contribution in [3.05, 3.63) is 35.6 Å². The minimum atomic E-state index is -3.46. The number of nitrogens with one attached hydrogen (secondary N) is 1. The molecular weight excluding hydrogens is 297 g/mol. The summed E-state index contributed by atoms with van der Waals surface area (Å²) in [5.41, 5.74) is 0.542. The number of hydrogen-bond donors (Lipinski definition) is 1. The summed E-state index contributed by atoms with van der Waals surface area (Å²) in [6, 6.07) is 5.41. The molecule has 0 amide bonds. The summed E-state index contributed by atoms with van der Waals surface area (Å²) in [5.74, 6) is -1.29. The minimum absolute atomic E-state index is 0.175. The lowest BCUT2D eigenvalue weighted by atomic mass is 10.2. The van der Waals surface area contributed by atoms with Gasteiger partial charge in [0.2, 0.25) is 10.0 Å². The fourth-order valence-electron chi connectivity index (χ4n) is 2.11. The summed E-state index contributed by atoms with van der Waals surface area (Å²) in [4.78, 5) is 0. The van der Waals surface area contributed by atoms with Crippen LogP contribution in [-0.2, 0) is 25.2 Å². The highest BCUT2D eigenvalue weighted by molar-refractivity contribution is 7.88. The highest BCUT2D eigenvalue weighted by atomic mass is 32.2. The molecule has 0 spiro atoms. The van der Waals surface area contributed by atoms with Gasteiger partial charge in [0.1, 0.15) is 5.82 Å². The maximum Gasteiger partial charge on any atom is 0.215 e. The van der Waals surface area contributed by atoms with Crippen molar-refractivity contribution in [1.82, 2.24) is 4.72 Å². The topological polar surface area (TPSA) is 64.6 Å². The first-order valence-corrected chi connectivity index (χ1v) is 8.54. The van der Waals surface area contributed by atoms with Crippen LogP contribution in [0.5, 0.6) is 0 Å². The van der Waals surface area contributed by atoms with Crippen LogP contribution in [0.15, 0.2) is 24.3 Å². The zero-order valence-corrected chi connectivity index (χ0v) is 12.8. The summed E-state index contributed by atoms with van der Waals surface area (Å²) in [6.45, 7) is 3.29. The molecule has 0 radical (unpaired) electrons. The van der Waals surface area contributed by atoms with E-state index < -0.39 is 15.8 Å². The molecule has 118 valence electrons. The molecule has 2 rings (SSSR count). The van der Waals surface area contributed by atoms with Crippen LogP contribution in [0, 0.1) is 5.82 Å². The van der Waals surface area contributed by atoms with Gasteiger partial charge in [-0.3, -0.25) is 0 Å². The molecule has 1 aliphatic heterocycles. The summed E-state index contributed by atoms with van der Waals surface area (Å²) in [7, 11) is -3.46. The quantitative estimate of drug-likeness (QED) is 0.869. The van der Waals surface area contributed by atoms with Gasteiger partial charge < -0.3 is 9.47 Å². The van der Waals surface area contributed by atoms with Crippen LogP contribution in [0.1, 0.15) is 25.3 Å². The fraction of sp³-hybridized carbons (Fsp3) is 0.571. The second-order valence-electron chi connectivity index (χ2n) is 5.21. The van der Waals surface area contributed by atoms with Crippen LogP contribution in [0.4, 0.5) is 4.39 Å². The zero-order valence-electron chi connectivity index (χ0n) is 12.0. The summed E-state index contributed by atoms with van der Waals surface area (Å²) >= 11 is 0. The molecule has 1 aromatic rings. The average molecular weight is 317 g/mol. The van der Waals surface area contributed by atoms with Gasteiger partial charge in [-0.05, 0) is 31.0 Å². The molecule has 0 bridgehead atoms. The largest absolute Gasteiger partial charge is 0.350 e. The molecule has 0 aromatic heterocycles. The first-order chi connectivity index (χ1) is 9.89. The molecule has 7 heteroatoms. The van der Waals surface area contributed by atoms with E-state index in [9.17, 15) is 12.8 Å². The summed E-state index contributed by atoms with van der Waals surface area (Å²) in [5, 5.41) is 0. The van der Waals surface area contributed by atoms with Gasteiger partial charge in [0.05, 0.1) is 19.0 Å². The molecule has 1 saturated heterocycles. The van der Waals surface area contributed by atoms with E-state index in [2.05, 4.69) is 4.72 Å².